The van der Waals surface area contributed by atoms with Crippen molar-refractivity contribution in [1.29, 1.82) is 0 Å². The van der Waals surface area contributed by atoms with E-state index in [0.29, 0.717) is 30.0 Å². The van der Waals surface area contributed by atoms with Gasteiger partial charge in [0.15, 0.2) is 5.78 Å². The van der Waals surface area contributed by atoms with Crippen LogP contribution in [0.4, 0.5) is 0 Å². The van der Waals surface area contributed by atoms with Gasteiger partial charge >= 0.3 is 0 Å². The molecule has 2 saturated carbocycles. The summed E-state index contributed by atoms with van der Waals surface area (Å²) in [7, 11) is 0. The molecular weight excluding hydrogens is 411 g/mol. The third-order valence-electron chi connectivity index (χ3n) is 7.43. The molecule has 0 bridgehead atoms. The van der Waals surface area contributed by atoms with Gasteiger partial charge in [0, 0.05) is 52.7 Å². The molecule has 0 aromatic heterocycles. The molecule has 0 heterocycles. The highest BCUT2D eigenvalue weighted by atomic mass is 127. The molecule has 0 aromatic carbocycles. The van der Waals surface area contributed by atoms with E-state index in [4.69, 9.17) is 0 Å². The van der Waals surface area contributed by atoms with Crippen LogP contribution < -0.4 is 0 Å². The molecule has 0 unspecified atom stereocenters. The van der Waals surface area contributed by atoms with Crippen molar-refractivity contribution < 1.29 is 9.59 Å². The van der Waals surface area contributed by atoms with Crippen molar-refractivity contribution in [2.75, 3.05) is 0 Å². The summed E-state index contributed by atoms with van der Waals surface area (Å²) >= 11 is 2.11. The molecule has 0 N–H and O–H groups in total. The smallest absolute Gasteiger partial charge is 0.156 e. The van der Waals surface area contributed by atoms with E-state index in [-0.39, 0.29) is 16.6 Å². The van der Waals surface area contributed by atoms with Crippen LogP contribution in [0, 0.1) is 38.4 Å². The van der Waals surface area contributed by atoms with Crippen LogP contribution in [-0.2, 0) is 9.59 Å². The molecule has 5 atom stereocenters. The van der Waals surface area contributed by atoms with Crippen LogP contribution in [0.15, 0.2) is 23.8 Å². The lowest BCUT2D eigenvalue weighted by Crippen LogP contribution is -2.50. The Morgan fingerprint density at radius 3 is 2.83 bits per heavy atom. The lowest BCUT2D eigenvalue weighted by Gasteiger charge is -2.55. The number of halogens is 1. The van der Waals surface area contributed by atoms with Gasteiger partial charge in [-0.05, 0) is 59.0 Å². The van der Waals surface area contributed by atoms with Crippen LogP contribution in [0.5, 0.6) is 0 Å². The van der Waals surface area contributed by atoms with Crippen molar-refractivity contribution in [2.45, 2.75) is 51.9 Å². The molecule has 4 aliphatic carbocycles. The van der Waals surface area contributed by atoms with E-state index in [1.54, 1.807) is 0 Å². The van der Waals surface area contributed by atoms with Crippen LogP contribution in [-0.4, -0.2) is 11.6 Å². The van der Waals surface area contributed by atoms with E-state index in [1.807, 2.05) is 6.08 Å². The van der Waals surface area contributed by atoms with Crippen LogP contribution in [0.1, 0.15) is 51.9 Å². The number of ketones is 2. The Morgan fingerprint density at radius 2 is 2.04 bits per heavy atom. The van der Waals surface area contributed by atoms with E-state index < -0.39 is 0 Å². The van der Waals surface area contributed by atoms with Crippen molar-refractivity contribution >= 4 is 34.2 Å². The average molecular weight is 434 g/mol. The Kier molecular flexibility index (Phi) is 4.03. The highest BCUT2D eigenvalue weighted by Crippen LogP contribution is 2.63. The first-order chi connectivity index (χ1) is 11.5. The second kappa shape index (κ2) is 5.83. The van der Waals surface area contributed by atoms with Crippen LogP contribution in [0.2, 0.25) is 0 Å². The predicted molar refractivity (Wildman–Crippen MR) is 102 cm³/mol. The maximum absolute atomic E-state index is 12.5. The summed E-state index contributed by atoms with van der Waals surface area (Å²) in [4.78, 5) is 24.5. The van der Waals surface area contributed by atoms with Crippen molar-refractivity contribution in [1.82, 2.24) is 0 Å². The molecule has 2 nitrogen and oxygen atoms in total. The van der Waals surface area contributed by atoms with Crippen molar-refractivity contribution in [2.24, 2.45) is 28.6 Å². The van der Waals surface area contributed by atoms with Crippen molar-refractivity contribution in [3.8, 4) is 9.85 Å². The molecule has 0 aromatic rings. The van der Waals surface area contributed by atoms with Crippen LogP contribution in [0.3, 0.4) is 0 Å². The fraction of sp³-hybridized carbons (Fsp3) is 0.619. The highest BCUT2D eigenvalue weighted by Gasteiger charge is 2.58. The normalized spacial score (nSPS) is 43.2. The van der Waals surface area contributed by atoms with Gasteiger partial charge in [-0.1, -0.05) is 25.0 Å². The van der Waals surface area contributed by atoms with Gasteiger partial charge in [-0.15, -0.1) is 0 Å². The second-order valence-electron chi connectivity index (χ2n) is 8.24. The molecule has 3 heteroatoms. The zero-order valence-corrected chi connectivity index (χ0v) is 16.3. The van der Waals surface area contributed by atoms with Crippen molar-refractivity contribution in [3.63, 3.8) is 0 Å². The largest absolute Gasteiger partial charge is 0.299 e. The highest BCUT2D eigenvalue weighted by molar-refractivity contribution is 14.1. The number of rotatable bonds is 1. The minimum Gasteiger partial charge on any atom is -0.299 e. The van der Waals surface area contributed by atoms with E-state index in [0.717, 1.165) is 38.5 Å². The monoisotopic (exact) mass is 434 g/mol. The minimum absolute atomic E-state index is 0.0263. The maximum Gasteiger partial charge on any atom is 0.156 e. The number of hydrogen-bond donors (Lipinski definition) is 0. The first-order valence-corrected chi connectivity index (χ1v) is 10.1. The standard InChI is InChI=1S/C21H23IO2/c1-20-10-8-18-16(17(20)5-6-19(20)24)4-3-14-13-15(23)7-11-21(14,18)9-2-12-22/h3-4,13,16-18H,5-11H2,1H3/t16-,17-,18-,20-,21-/m0/s1. The Morgan fingerprint density at radius 1 is 1.21 bits per heavy atom. The number of allylic oxidation sites excluding steroid dienone is 4. The molecule has 0 saturated heterocycles. The summed E-state index contributed by atoms with van der Waals surface area (Å²) in [6.45, 7) is 2.20. The number of carbonyl (C=O) groups is 2. The third kappa shape index (κ3) is 2.21. The van der Waals surface area contributed by atoms with Gasteiger partial charge in [0.1, 0.15) is 5.78 Å². The summed E-state index contributed by atoms with van der Waals surface area (Å²) < 4.78 is 3.04. The van der Waals surface area contributed by atoms with Gasteiger partial charge in [-0.2, -0.15) is 0 Å². The van der Waals surface area contributed by atoms with Crippen molar-refractivity contribution in [3.05, 3.63) is 23.8 Å². The predicted octanol–water partition coefficient (Wildman–Crippen LogP) is 4.63. The SMILES string of the molecule is C[C@]12CC[C@H]3[C@@H](C=CC4=CC(=O)CC[C@@]43CC#CI)[C@@H]1CCC2=O. The molecule has 0 aliphatic heterocycles. The summed E-state index contributed by atoms with van der Waals surface area (Å²) in [5.41, 5.74) is 1.11. The number of hydrogen-bond acceptors (Lipinski definition) is 2. The Hall–Kier alpha value is -0.890. The van der Waals surface area contributed by atoms with Gasteiger partial charge in [0.25, 0.3) is 0 Å². The molecule has 24 heavy (non-hydrogen) atoms. The summed E-state index contributed by atoms with van der Waals surface area (Å²) in [6.07, 6.45) is 12.7. The van der Waals surface area contributed by atoms with Crippen LogP contribution in [0.25, 0.3) is 0 Å². The fourth-order valence-corrected chi connectivity index (χ4v) is 6.29. The van der Waals surface area contributed by atoms with Gasteiger partial charge in [0.2, 0.25) is 0 Å². The topological polar surface area (TPSA) is 34.1 Å². The Balaban J connectivity index is 1.79. The third-order valence-corrected chi connectivity index (χ3v) is 7.81. The maximum atomic E-state index is 12.5. The lowest BCUT2D eigenvalue weighted by molar-refractivity contribution is -0.130. The molecular formula is C21H23IO2. The zero-order valence-electron chi connectivity index (χ0n) is 14.1. The molecule has 2 fully saturated rings. The molecule has 0 radical (unpaired) electrons. The first-order valence-electron chi connectivity index (χ1n) is 9.06. The van der Waals surface area contributed by atoms with E-state index in [1.165, 1.54) is 5.57 Å². The average Bonchev–Trinajstić information content (AvgIpc) is 2.88. The summed E-state index contributed by atoms with van der Waals surface area (Å²) in [5.74, 6) is 5.52. The summed E-state index contributed by atoms with van der Waals surface area (Å²) in [6, 6.07) is 0. The molecule has 4 rings (SSSR count). The Labute approximate surface area is 157 Å². The minimum atomic E-state index is -0.118. The second-order valence-corrected chi connectivity index (χ2v) is 8.78. The summed E-state index contributed by atoms with van der Waals surface area (Å²) in [5, 5.41) is 0. The van der Waals surface area contributed by atoms with E-state index >= 15 is 0 Å². The number of fused-ring (bicyclic) bond motifs is 5. The van der Waals surface area contributed by atoms with E-state index in [9.17, 15) is 9.59 Å². The lowest BCUT2D eigenvalue weighted by atomic mass is 9.48. The number of Topliss-reactive ketones (excluding diaryl/α,β-unsaturated/α-hetero) is 1. The number of carbonyl (C=O) groups excluding carboxylic acids is 2. The molecule has 4 aliphatic rings. The van der Waals surface area contributed by atoms with Gasteiger partial charge < -0.3 is 0 Å². The quantitative estimate of drug-likeness (QED) is 0.446. The first kappa shape index (κ1) is 16.6. The van der Waals surface area contributed by atoms with Gasteiger partial charge in [-0.25, -0.2) is 0 Å². The fourth-order valence-electron chi connectivity index (χ4n) is 6.10. The molecule has 126 valence electrons. The van der Waals surface area contributed by atoms with E-state index in [2.05, 4.69) is 51.5 Å². The zero-order chi connectivity index (χ0) is 16.9. The molecule has 0 spiro atoms. The van der Waals surface area contributed by atoms with Gasteiger partial charge in [0.05, 0.1) is 0 Å². The van der Waals surface area contributed by atoms with Gasteiger partial charge in [-0.3, -0.25) is 9.59 Å². The molecule has 0 amide bonds. The van der Waals surface area contributed by atoms with Crippen LogP contribution >= 0.6 is 22.6 Å². The Bertz CT molecular complexity index is 722.